The first-order valence-electron chi connectivity index (χ1n) is 10.0. The topological polar surface area (TPSA) is 92.8 Å². The molecule has 8 heteroatoms. The Kier molecular flexibility index (Phi) is 7.45. The fourth-order valence-electron chi connectivity index (χ4n) is 3.70. The number of hydrogen-bond acceptors (Lipinski definition) is 5. The summed E-state index contributed by atoms with van der Waals surface area (Å²) in [7, 11) is -2.28. The maximum absolute atomic E-state index is 12.9. The molecule has 0 aliphatic carbocycles. The summed E-state index contributed by atoms with van der Waals surface area (Å²) in [6.07, 6.45) is 2.03. The van der Waals surface area contributed by atoms with Crippen molar-refractivity contribution in [2.45, 2.75) is 63.8 Å². The lowest BCUT2D eigenvalue weighted by Crippen LogP contribution is -2.55. The molecule has 1 aliphatic heterocycles. The number of ether oxygens (including phenoxy) is 1. The molecule has 2 rings (SSSR count). The van der Waals surface area contributed by atoms with Crippen molar-refractivity contribution < 1.29 is 22.7 Å². The molecule has 29 heavy (non-hydrogen) atoms. The lowest BCUT2D eigenvalue weighted by molar-refractivity contribution is -0.151. The molecule has 1 aliphatic rings. The quantitative estimate of drug-likeness (QED) is 0.679. The number of hydrogen-bond donors (Lipinski definition) is 1. The normalized spacial score (nSPS) is 18.1. The summed E-state index contributed by atoms with van der Waals surface area (Å²) in [4.78, 5) is 25.1. The smallest absolute Gasteiger partial charge is 0.331 e. The van der Waals surface area contributed by atoms with E-state index in [1.165, 1.54) is 11.4 Å². The van der Waals surface area contributed by atoms with Gasteiger partial charge < -0.3 is 10.1 Å². The summed E-state index contributed by atoms with van der Waals surface area (Å²) in [5.74, 6) is -1.03. The van der Waals surface area contributed by atoms with E-state index in [-0.39, 0.29) is 29.8 Å². The van der Waals surface area contributed by atoms with Gasteiger partial charge in [0.2, 0.25) is 15.9 Å². The lowest BCUT2D eigenvalue weighted by atomic mass is 9.92. The number of benzene rings is 1. The molecule has 1 fully saturated rings. The van der Waals surface area contributed by atoms with Crippen molar-refractivity contribution in [3.05, 3.63) is 29.3 Å². The second-order valence-electron chi connectivity index (χ2n) is 7.99. The van der Waals surface area contributed by atoms with Crippen LogP contribution in [0.2, 0.25) is 0 Å². The molecule has 1 aromatic rings. The number of rotatable bonds is 7. The first-order valence-corrected chi connectivity index (χ1v) is 11.5. The number of sulfonamides is 1. The fraction of sp³-hybridized carbons (Fsp3) is 0.619. The minimum absolute atomic E-state index is 0.227. The maximum atomic E-state index is 12.9. The van der Waals surface area contributed by atoms with Gasteiger partial charge >= 0.3 is 5.97 Å². The van der Waals surface area contributed by atoms with Gasteiger partial charge in [-0.05, 0) is 63.3 Å². The largest absolute Gasteiger partial charge is 0.467 e. The predicted molar refractivity (Wildman–Crippen MR) is 111 cm³/mol. The van der Waals surface area contributed by atoms with Crippen LogP contribution in [-0.4, -0.2) is 50.3 Å². The van der Waals surface area contributed by atoms with E-state index in [9.17, 15) is 18.0 Å². The highest BCUT2D eigenvalue weighted by atomic mass is 32.2. The average Bonchev–Trinajstić information content (AvgIpc) is 2.69. The van der Waals surface area contributed by atoms with E-state index in [0.29, 0.717) is 19.3 Å². The Morgan fingerprint density at radius 3 is 2.34 bits per heavy atom. The number of aryl methyl sites for hydroxylation is 2. The van der Waals surface area contributed by atoms with Gasteiger partial charge in [0, 0.05) is 19.0 Å². The average molecular weight is 425 g/mol. The molecule has 1 saturated heterocycles. The minimum Gasteiger partial charge on any atom is -0.467 e. The van der Waals surface area contributed by atoms with E-state index in [1.807, 2.05) is 26.8 Å². The van der Waals surface area contributed by atoms with Gasteiger partial charge in [-0.15, -0.1) is 0 Å². The molecule has 0 saturated carbocycles. The third-order valence-corrected chi connectivity index (χ3v) is 7.62. The van der Waals surface area contributed by atoms with Crippen LogP contribution in [0.25, 0.3) is 0 Å². The van der Waals surface area contributed by atoms with Crippen LogP contribution >= 0.6 is 0 Å². The van der Waals surface area contributed by atoms with E-state index in [0.717, 1.165) is 17.5 Å². The molecule has 1 aromatic carbocycles. The van der Waals surface area contributed by atoms with E-state index in [4.69, 9.17) is 4.74 Å². The number of carbonyl (C=O) groups is 2. The summed E-state index contributed by atoms with van der Waals surface area (Å²) >= 11 is 0. The second kappa shape index (κ2) is 9.26. The number of piperidine rings is 1. The highest BCUT2D eigenvalue weighted by Crippen LogP contribution is 2.26. The van der Waals surface area contributed by atoms with Gasteiger partial charge in [-0.3, -0.25) is 4.79 Å². The van der Waals surface area contributed by atoms with Crippen LogP contribution < -0.4 is 5.32 Å². The van der Waals surface area contributed by atoms with Crippen LogP contribution in [0.4, 0.5) is 0 Å². The van der Waals surface area contributed by atoms with Crippen molar-refractivity contribution in [1.82, 2.24) is 9.62 Å². The van der Waals surface area contributed by atoms with Gasteiger partial charge in [-0.25, -0.2) is 13.2 Å². The number of nitrogens with one attached hydrogen (secondary N) is 1. The Hall–Kier alpha value is -1.93. The van der Waals surface area contributed by atoms with E-state index in [1.54, 1.807) is 19.1 Å². The van der Waals surface area contributed by atoms with Crippen molar-refractivity contribution in [1.29, 1.82) is 0 Å². The molecule has 1 amide bonds. The van der Waals surface area contributed by atoms with E-state index in [2.05, 4.69) is 5.32 Å². The number of nitrogens with zero attached hydrogens (tertiary/aromatic N) is 1. The fourth-order valence-corrected chi connectivity index (χ4v) is 5.25. The molecule has 7 nitrogen and oxygen atoms in total. The van der Waals surface area contributed by atoms with Crippen molar-refractivity contribution in [3.8, 4) is 0 Å². The highest BCUT2D eigenvalue weighted by Gasteiger charge is 2.38. The maximum Gasteiger partial charge on any atom is 0.331 e. The minimum atomic E-state index is -3.58. The van der Waals surface area contributed by atoms with Crippen LogP contribution in [0.15, 0.2) is 23.1 Å². The van der Waals surface area contributed by atoms with Crippen molar-refractivity contribution in [3.63, 3.8) is 0 Å². The summed E-state index contributed by atoms with van der Waals surface area (Å²) in [5, 5.41) is 2.83. The first-order chi connectivity index (χ1) is 13.5. The number of carbonyl (C=O) groups excluding carboxylic acids is 2. The van der Waals surface area contributed by atoms with Gasteiger partial charge in [0.25, 0.3) is 0 Å². The molecule has 1 heterocycles. The molecule has 0 spiro atoms. The molecular weight excluding hydrogens is 392 g/mol. The third kappa shape index (κ3) is 5.17. The Morgan fingerprint density at radius 1 is 1.21 bits per heavy atom. The van der Waals surface area contributed by atoms with Crippen LogP contribution in [0.1, 0.15) is 50.7 Å². The highest BCUT2D eigenvalue weighted by molar-refractivity contribution is 7.89. The zero-order valence-corrected chi connectivity index (χ0v) is 18.8. The van der Waals surface area contributed by atoms with Crippen LogP contribution in [-0.2, 0) is 24.3 Å². The number of esters is 1. The number of methoxy groups -OCH3 is 1. The Bertz CT molecular complexity index is 860. The summed E-state index contributed by atoms with van der Waals surface area (Å²) in [6.45, 7) is 7.98. The zero-order chi connectivity index (χ0) is 21.8. The molecule has 162 valence electrons. The molecular formula is C21H32N2O5S. The first kappa shape index (κ1) is 23.3. The number of amides is 1. The summed E-state index contributed by atoms with van der Waals surface area (Å²) in [6, 6.07) is 5.13. The Labute approximate surface area is 173 Å². The van der Waals surface area contributed by atoms with Crippen LogP contribution in [0.5, 0.6) is 0 Å². The Balaban J connectivity index is 2.04. The monoisotopic (exact) mass is 424 g/mol. The Morgan fingerprint density at radius 2 is 1.83 bits per heavy atom. The van der Waals surface area contributed by atoms with Gasteiger partial charge in [-0.2, -0.15) is 4.31 Å². The van der Waals surface area contributed by atoms with Crippen LogP contribution in [0, 0.1) is 19.8 Å². The summed E-state index contributed by atoms with van der Waals surface area (Å²) < 4.78 is 32.1. The third-order valence-electron chi connectivity index (χ3n) is 5.73. The van der Waals surface area contributed by atoms with Gasteiger partial charge in [0.15, 0.2) is 0 Å². The van der Waals surface area contributed by atoms with Crippen molar-refractivity contribution in [2.24, 2.45) is 5.92 Å². The van der Waals surface area contributed by atoms with Gasteiger partial charge in [0.1, 0.15) is 5.54 Å². The molecule has 1 N–H and O–H groups in total. The zero-order valence-electron chi connectivity index (χ0n) is 17.9. The van der Waals surface area contributed by atoms with Gasteiger partial charge in [0.05, 0.1) is 12.0 Å². The molecule has 1 unspecified atom stereocenters. The van der Waals surface area contributed by atoms with Gasteiger partial charge in [-0.1, -0.05) is 19.4 Å². The molecule has 0 radical (unpaired) electrons. The van der Waals surface area contributed by atoms with E-state index < -0.39 is 21.5 Å². The van der Waals surface area contributed by atoms with Crippen molar-refractivity contribution in [2.75, 3.05) is 20.2 Å². The lowest BCUT2D eigenvalue weighted by Gasteiger charge is -2.33. The second-order valence-corrected chi connectivity index (χ2v) is 9.93. The van der Waals surface area contributed by atoms with E-state index >= 15 is 0 Å². The molecule has 0 aromatic heterocycles. The van der Waals surface area contributed by atoms with Crippen LogP contribution in [0.3, 0.4) is 0 Å². The standard InChI is InChI=1S/C21H32N2O5S/c1-6-11-21(4,20(25)28-5)22-19(24)17-9-12-23(13-10-17)29(26,27)18-8-7-15(2)16(3)14-18/h7-8,14,17H,6,9-13H2,1-5H3,(H,22,24). The summed E-state index contributed by atoms with van der Waals surface area (Å²) in [5.41, 5.74) is 0.905. The van der Waals surface area contributed by atoms with Crippen molar-refractivity contribution >= 4 is 21.9 Å². The molecule has 0 bridgehead atoms. The SMILES string of the molecule is CCCC(C)(NC(=O)C1CCN(S(=O)(=O)c2ccc(C)c(C)c2)CC1)C(=O)OC. The molecule has 1 atom stereocenters. The predicted octanol–water partition coefficient (Wildman–Crippen LogP) is 2.55.